The number of fused-ring (bicyclic) bond motifs is 1. The molecule has 0 bridgehead atoms. The monoisotopic (exact) mass is 158 g/mol. The normalized spacial score (nSPS) is 12.3. The Balaban J connectivity index is 2.92. The molecule has 0 fully saturated rings. The van der Waals surface area contributed by atoms with E-state index in [1.54, 1.807) is 12.1 Å². The molecular weight excluding hydrogens is 148 g/mol. The van der Waals surface area contributed by atoms with Crippen LogP contribution in [0.4, 0.5) is 0 Å². The van der Waals surface area contributed by atoms with Crippen LogP contribution in [0.1, 0.15) is 13.1 Å². The van der Waals surface area contributed by atoms with E-state index in [1.807, 2.05) is 18.2 Å². The Morgan fingerprint density at radius 2 is 1.92 bits per heavy atom. The molecule has 2 aromatic rings. The number of aldehydes is 1. The largest absolute Gasteiger partial charge is 0.298 e. The molecule has 0 heterocycles. The van der Waals surface area contributed by atoms with Gasteiger partial charge in [0.05, 0.1) is 2.74 Å². The van der Waals surface area contributed by atoms with E-state index in [1.165, 1.54) is 0 Å². The van der Waals surface area contributed by atoms with Gasteiger partial charge < -0.3 is 0 Å². The third-order valence-electron chi connectivity index (χ3n) is 1.73. The van der Waals surface area contributed by atoms with Crippen LogP contribution < -0.4 is 0 Å². The van der Waals surface area contributed by atoms with Gasteiger partial charge in [-0.3, -0.25) is 4.79 Å². The van der Waals surface area contributed by atoms with Crippen LogP contribution in [0.15, 0.2) is 42.4 Å². The summed E-state index contributed by atoms with van der Waals surface area (Å²) in [6, 6.07) is 9.15. The summed E-state index contributed by atoms with van der Waals surface area (Å²) in [4.78, 5) is 10.7. The topological polar surface area (TPSA) is 17.1 Å². The molecule has 0 radical (unpaired) electrons. The number of hydrogen-bond donors (Lipinski definition) is 0. The minimum absolute atomic E-state index is 0.115. The zero-order valence-electron chi connectivity index (χ0n) is 8.37. The zero-order valence-corrected chi connectivity index (χ0v) is 6.37. The minimum atomic E-state index is 0.115. The maximum atomic E-state index is 10.7. The second-order valence-corrected chi connectivity index (χ2v) is 2.53. The smallest absolute Gasteiger partial charge is 0.150 e. The van der Waals surface area contributed by atoms with Crippen molar-refractivity contribution >= 4 is 17.1 Å². The molecule has 0 saturated heterocycles. The fourth-order valence-corrected chi connectivity index (χ4v) is 1.14. The van der Waals surface area contributed by atoms with Crippen molar-refractivity contribution in [3.8, 4) is 0 Å². The first-order valence-corrected chi connectivity index (χ1v) is 3.68. The van der Waals surface area contributed by atoms with Gasteiger partial charge in [0.15, 0.2) is 0 Å². The average molecular weight is 158 g/mol. The molecule has 0 aliphatic rings. The number of carbonyl (C=O) groups excluding carboxylic acids is 1. The molecule has 2 aromatic carbocycles. The van der Waals surface area contributed by atoms with Crippen molar-refractivity contribution in [1.82, 2.24) is 0 Å². The van der Waals surface area contributed by atoms with Gasteiger partial charge in [-0.25, -0.2) is 0 Å². The predicted octanol–water partition coefficient (Wildman–Crippen LogP) is 2.65. The maximum Gasteiger partial charge on any atom is 0.150 e. The number of hydrogen-bond acceptors (Lipinski definition) is 1. The van der Waals surface area contributed by atoms with Gasteiger partial charge in [-0.2, -0.15) is 0 Å². The second kappa shape index (κ2) is 2.78. The van der Waals surface area contributed by atoms with E-state index in [9.17, 15) is 4.79 Å². The molecule has 0 amide bonds. The van der Waals surface area contributed by atoms with Crippen LogP contribution in [0.25, 0.3) is 10.8 Å². The average Bonchev–Trinajstić information content (AvgIpc) is 2.18. The predicted molar refractivity (Wildman–Crippen MR) is 49.3 cm³/mol. The van der Waals surface area contributed by atoms with Gasteiger partial charge in [0, 0.05) is 5.56 Å². The summed E-state index contributed by atoms with van der Waals surface area (Å²) in [7, 11) is 0. The molecular formula is C11H8O. The molecule has 12 heavy (non-hydrogen) atoms. The van der Waals surface area contributed by atoms with Crippen molar-refractivity contribution in [1.29, 1.82) is 0 Å². The van der Waals surface area contributed by atoms with Crippen LogP contribution in [0.5, 0.6) is 0 Å². The summed E-state index contributed by atoms with van der Waals surface area (Å²) in [6.45, 7) is 0. The Hall–Kier alpha value is -1.63. The first kappa shape index (κ1) is 5.09. The maximum absolute atomic E-state index is 10.7. The van der Waals surface area contributed by atoms with Crippen LogP contribution in [0.3, 0.4) is 0 Å². The fraction of sp³-hybridized carbons (Fsp3) is 0. The first-order valence-electron chi connectivity index (χ1n) is 4.68. The van der Waals surface area contributed by atoms with Crippen LogP contribution in [0, 0.1) is 0 Å². The van der Waals surface area contributed by atoms with Crippen LogP contribution in [-0.2, 0) is 0 Å². The molecule has 1 heteroatoms. The Morgan fingerprint density at radius 3 is 2.67 bits per heavy atom. The summed E-state index contributed by atoms with van der Waals surface area (Å²) in [5.41, 5.74) is 0.156. The SMILES string of the molecule is [2H]c1cc2ccccc2c([2H])c1C=O. The van der Waals surface area contributed by atoms with Crippen LogP contribution in [0.2, 0.25) is 0 Å². The summed E-state index contributed by atoms with van der Waals surface area (Å²) < 4.78 is 15.3. The highest BCUT2D eigenvalue weighted by Gasteiger charge is 1.92. The lowest BCUT2D eigenvalue weighted by molar-refractivity contribution is 0.112. The van der Waals surface area contributed by atoms with E-state index >= 15 is 0 Å². The van der Waals surface area contributed by atoms with Crippen molar-refractivity contribution < 1.29 is 7.54 Å². The second-order valence-electron chi connectivity index (χ2n) is 2.53. The molecule has 1 nitrogen and oxygen atoms in total. The molecule has 0 atom stereocenters. The molecule has 2 rings (SSSR count). The summed E-state index contributed by atoms with van der Waals surface area (Å²) in [6.07, 6.45) is 0.567. The number of rotatable bonds is 1. The molecule has 0 unspecified atom stereocenters. The Labute approximate surface area is 73.4 Å². The van der Waals surface area contributed by atoms with Crippen molar-refractivity contribution in [2.75, 3.05) is 0 Å². The molecule has 0 aliphatic carbocycles. The standard InChI is InChI=1S/C11H8O/c12-8-9-5-6-10-3-1-2-4-11(10)7-9/h1-8H/i5D,7D. The van der Waals surface area contributed by atoms with E-state index < -0.39 is 0 Å². The Morgan fingerprint density at radius 1 is 1.17 bits per heavy atom. The summed E-state index contributed by atoms with van der Waals surface area (Å²) >= 11 is 0. The molecule has 0 saturated carbocycles. The van der Waals surface area contributed by atoms with Gasteiger partial charge in [-0.05, 0) is 16.8 Å². The Bertz CT molecular complexity index is 506. The van der Waals surface area contributed by atoms with Gasteiger partial charge in [-0.1, -0.05) is 36.4 Å². The molecule has 0 aromatic heterocycles. The lowest BCUT2D eigenvalue weighted by atomic mass is 10.1. The zero-order chi connectivity index (χ0) is 10.1. The number of carbonyl (C=O) groups is 1. The van der Waals surface area contributed by atoms with E-state index in [2.05, 4.69) is 0 Å². The lowest BCUT2D eigenvalue weighted by Crippen LogP contribution is -1.78. The van der Waals surface area contributed by atoms with Crippen molar-refractivity contribution in [2.45, 2.75) is 0 Å². The van der Waals surface area contributed by atoms with Gasteiger partial charge in [0.2, 0.25) is 0 Å². The van der Waals surface area contributed by atoms with E-state index in [0.29, 0.717) is 11.7 Å². The fourth-order valence-electron chi connectivity index (χ4n) is 1.14. The van der Waals surface area contributed by atoms with Crippen LogP contribution >= 0.6 is 0 Å². The van der Waals surface area contributed by atoms with Crippen LogP contribution in [-0.4, -0.2) is 6.29 Å². The molecule has 58 valence electrons. The highest BCUT2D eigenvalue weighted by Crippen LogP contribution is 2.14. The summed E-state index contributed by atoms with van der Waals surface area (Å²) in [5, 5.41) is 1.54. The molecule has 0 spiro atoms. The van der Waals surface area contributed by atoms with Gasteiger partial charge in [0.25, 0.3) is 0 Å². The highest BCUT2D eigenvalue weighted by molar-refractivity contribution is 5.88. The van der Waals surface area contributed by atoms with E-state index in [4.69, 9.17) is 2.74 Å². The van der Waals surface area contributed by atoms with Gasteiger partial charge in [0.1, 0.15) is 6.29 Å². The van der Waals surface area contributed by atoms with Crippen molar-refractivity contribution in [2.24, 2.45) is 0 Å². The third kappa shape index (κ3) is 1.10. The van der Waals surface area contributed by atoms with E-state index in [-0.39, 0.29) is 17.6 Å². The lowest BCUT2D eigenvalue weighted by Gasteiger charge is -1.96. The van der Waals surface area contributed by atoms with Crippen molar-refractivity contribution in [3.05, 3.63) is 48.0 Å². The Kier molecular flexibility index (Phi) is 1.18. The van der Waals surface area contributed by atoms with Gasteiger partial charge in [-0.15, -0.1) is 0 Å². The number of benzene rings is 2. The summed E-state index contributed by atoms with van der Waals surface area (Å²) in [5.74, 6) is 0. The quantitative estimate of drug-likeness (QED) is 0.583. The van der Waals surface area contributed by atoms with Crippen molar-refractivity contribution in [3.63, 3.8) is 0 Å². The highest BCUT2D eigenvalue weighted by atomic mass is 16.1. The molecule has 0 aliphatic heterocycles. The van der Waals surface area contributed by atoms with Gasteiger partial charge >= 0.3 is 0 Å². The first-order chi connectivity index (χ1) is 6.74. The third-order valence-corrected chi connectivity index (χ3v) is 1.73. The molecule has 0 N–H and O–H groups in total. The van der Waals surface area contributed by atoms with E-state index in [0.717, 1.165) is 5.39 Å². The minimum Gasteiger partial charge on any atom is -0.298 e.